The van der Waals surface area contributed by atoms with E-state index in [-0.39, 0.29) is 11.3 Å². The van der Waals surface area contributed by atoms with E-state index in [1.165, 1.54) is 11.1 Å². The van der Waals surface area contributed by atoms with Crippen LogP contribution in [-0.4, -0.2) is 18.0 Å². The third kappa shape index (κ3) is 3.84. The Labute approximate surface area is 110 Å². The van der Waals surface area contributed by atoms with Gasteiger partial charge in [0.25, 0.3) is 0 Å². The topological polar surface area (TPSA) is 55.1 Å². The molecule has 0 atom stereocenters. The normalized spacial score (nSPS) is 12.3. The molecular formula is C15H24N2O. The predicted molar refractivity (Wildman–Crippen MR) is 75.5 cm³/mol. The maximum absolute atomic E-state index is 11.8. The summed E-state index contributed by atoms with van der Waals surface area (Å²) < 4.78 is 0. The van der Waals surface area contributed by atoms with Gasteiger partial charge in [0.05, 0.1) is 5.54 Å². The number of carbonyl (C=O) groups is 1. The third-order valence-electron chi connectivity index (χ3n) is 3.08. The zero-order chi connectivity index (χ0) is 14.0. The Morgan fingerprint density at radius 1 is 1.28 bits per heavy atom. The maximum atomic E-state index is 11.8. The summed E-state index contributed by atoms with van der Waals surface area (Å²) in [6, 6.07) is 8.36. The van der Waals surface area contributed by atoms with E-state index in [0.717, 1.165) is 0 Å². The van der Waals surface area contributed by atoms with Gasteiger partial charge >= 0.3 is 0 Å². The van der Waals surface area contributed by atoms with Crippen LogP contribution in [0, 0.1) is 6.92 Å². The molecule has 0 radical (unpaired) electrons. The minimum atomic E-state index is -0.831. The molecular weight excluding hydrogens is 224 g/mol. The molecule has 0 aliphatic heterocycles. The van der Waals surface area contributed by atoms with Crippen molar-refractivity contribution in [3.8, 4) is 0 Å². The highest BCUT2D eigenvalue weighted by Gasteiger charge is 2.26. The summed E-state index contributed by atoms with van der Waals surface area (Å²) in [5.41, 5.74) is 7.27. The Morgan fingerprint density at radius 2 is 1.89 bits per heavy atom. The van der Waals surface area contributed by atoms with Gasteiger partial charge in [-0.15, -0.1) is 0 Å². The Hall–Kier alpha value is -1.35. The number of amides is 1. The minimum Gasteiger partial charge on any atom is -0.354 e. The molecule has 0 heterocycles. The smallest absolute Gasteiger partial charge is 0.239 e. The first-order chi connectivity index (χ1) is 8.13. The van der Waals surface area contributed by atoms with E-state index in [1.54, 1.807) is 13.8 Å². The second-order valence-corrected chi connectivity index (χ2v) is 6.16. The monoisotopic (exact) mass is 248 g/mol. The van der Waals surface area contributed by atoms with Crippen molar-refractivity contribution < 1.29 is 4.79 Å². The Balaban J connectivity index is 2.74. The van der Waals surface area contributed by atoms with Gasteiger partial charge in [0.15, 0.2) is 0 Å². The first-order valence-electron chi connectivity index (χ1n) is 6.27. The van der Waals surface area contributed by atoms with Crippen molar-refractivity contribution in [2.75, 3.05) is 6.54 Å². The van der Waals surface area contributed by atoms with Crippen LogP contribution in [-0.2, 0) is 10.2 Å². The highest BCUT2D eigenvalue weighted by atomic mass is 16.2. The molecule has 1 rings (SSSR count). The number of nitrogens with one attached hydrogen (secondary N) is 1. The van der Waals surface area contributed by atoms with Crippen LogP contribution in [0.4, 0.5) is 0 Å². The summed E-state index contributed by atoms with van der Waals surface area (Å²) in [5, 5.41) is 2.92. The van der Waals surface area contributed by atoms with E-state index in [2.05, 4.69) is 44.3 Å². The van der Waals surface area contributed by atoms with Crippen LogP contribution in [0.5, 0.6) is 0 Å². The van der Waals surface area contributed by atoms with Gasteiger partial charge in [0.2, 0.25) is 5.91 Å². The van der Waals surface area contributed by atoms with E-state index in [9.17, 15) is 4.79 Å². The quantitative estimate of drug-likeness (QED) is 0.857. The van der Waals surface area contributed by atoms with Gasteiger partial charge in [-0.2, -0.15) is 0 Å². The average Bonchev–Trinajstić information content (AvgIpc) is 2.24. The highest BCUT2D eigenvalue weighted by Crippen LogP contribution is 2.23. The highest BCUT2D eigenvalue weighted by molar-refractivity contribution is 5.85. The molecule has 0 saturated heterocycles. The van der Waals surface area contributed by atoms with Gasteiger partial charge < -0.3 is 11.1 Å². The van der Waals surface area contributed by atoms with Crippen molar-refractivity contribution in [2.45, 2.75) is 45.6 Å². The second kappa shape index (κ2) is 5.11. The molecule has 0 saturated carbocycles. The van der Waals surface area contributed by atoms with Gasteiger partial charge in [0.1, 0.15) is 0 Å². The molecule has 100 valence electrons. The number of carbonyl (C=O) groups excluding carboxylic acids is 1. The number of aryl methyl sites for hydroxylation is 1. The fourth-order valence-corrected chi connectivity index (χ4v) is 1.70. The zero-order valence-corrected chi connectivity index (χ0v) is 12.0. The van der Waals surface area contributed by atoms with Gasteiger partial charge in [-0.1, -0.05) is 43.7 Å². The van der Waals surface area contributed by atoms with Crippen LogP contribution in [0.1, 0.15) is 38.8 Å². The van der Waals surface area contributed by atoms with E-state index in [1.807, 2.05) is 6.07 Å². The SMILES string of the molecule is Cc1cccc(C(C)(C)CNC(=O)C(C)(C)N)c1. The fraction of sp³-hybridized carbons (Fsp3) is 0.533. The van der Waals surface area contributed by atoms with Crippen LogP contribution in [0.3, 0.4) is 0 Å². The lowest BCUT2D eigenvalue weighted by atomic mass is 9.83. The van der Waals surface area contributed by atoms with E-state index < -0.39 is 5.54 Å². The lowest BCUT2D eigenvalue weighted by Gasteiger charge is -2.28. The molecule has 1 aromatic carbocycles. The van der Waals surface area contributed by atoms with Crippen LogP contribution in [0.2, 0.25) is 0 Å². The molecule has 0 bridgehead atoms. The maximum Gasteiger partial charge on any atom is 0.239 e. The van der Waals surface area contributed by atoms with E-state index in [0.29, 0.717) is 6.54 Å². The van der Waals surface area contributed by atoms with Crippen molar-refractivity contribution in [1.82, 2.24) is 5.32 Å². The zero-order valence-electron chi connectivity index (χ0n) is 12.0. The largest absolute Gasteiger partial charge is 0.354 e. The van der Waals surface area contributed by atoms with Crippen molar-refractivity contribution in [3.05, 3.63) is 35.4 Å². The average molecular weight is 248 g/mol. The third-order valence-corrected chi connectivity index (χ3v) is 3.08. The standard InChI is InChI=1S/C15H24N2O/c1-11-7-6-8-12(9-11)14(2,3)10-17-13(18)15(4,5)16/h6-9H,10,16H2,1-5H3,(H,17,18). The van der Waals surface area contributed by atoms with Gasteiger partial charge in [-0.05, 0) is 26.3 Å². The summed E-state index contributed by atoms with van der Waals surface area (Å²) in [7, 11) is 0. The molecule has 0 aromatic heterocycles. The minimum absolute atomic E-state index is 0.104. The number of benzene rings is 1. The molecule has 0 fully saturated rings. The number of nitrogens with two attached hydrogens (primary N) is 1. The lowest BCUT2D eigenvalue weighted by Crippen LogP contribution is -2.51. The molecule has 0 spiro atoms. The predicted octanol–water partition coefficient (Wildman–Crippen LogP) is 2.13. The van der Waals surface area contributed by atoms with E-state index in [4.69, 9.17) is 5.73 Å². The van der Waals surface area contributed by atoms with Crippen LogP contribution in [0.25, 0.3) is 0 Å². The first kappa shape index (κ1) is 14.7. The van der Waals surface area contributed by atoms with E-state index >= 15 is 0 Å². The lowest BCUT2D eigenvalue weighted by molar-refractivity contribution is -0.125. The molecule has 3 nitrogen and oxygen atoms in total. The number of rotatable bonds is 4. The summed E-state index contributed by atoms with van der Waals surface area (Å²) in [6.45, 7) is 10.3. The molecule has 0 aliphatic rings. The summed E-state index contributed by atoms with van der Waals surface area (Å²) >= 11 is 0. The van der Waals surface area contributed by atoms with Crippen molar-refractivity contribution in [2.24, 2.45) is 5.73 Å². The molecule has 1 amide bonds. The molecule has 18 heavy (non-hydrogen) atoms. The number of hydrogen-bond acceptors (Lipinski definition) is 2. The van der Waals surface area contributed by atoms with Crippen molar-refractivity contribution in [1.29, 1.82) is 0 Å². The molecule has 1 aromatic rings. The fourth-order valence-electron chi connectivity index (χ4n) is 1.70. The number of hydrogen-bond donors (Lipinski definition) is 2. The van der Waals surface area contributed by atoms with Crippen LogP contribution >= 0.6 is 0 Å². The van der Waals surface area contributed by atoms with Crippen LogP contribution in [0.15, 0.2) is 24.3 Å². The molecule has 3 N–H and O–H groups in total. The van der Waals surface area contributed by atoms with Gasteiger partial charge in [-0.3, -0.25) is 4.79 Å². The molecule has 0 aliphatic carbocycles. The molecule has 3 heteroatoms. The van der Waals surface area contributed by atoms with Crippen molar-refractivity contribution >= 4 is 5.91 Å². The Bertz CT molecular complexity index is 430. The van der Waals surface area contributed by atoms with Gasteiger partial charge in [-0.25, -0.2) is 0 Å². The Morgan fingerprint density at radius 3 is 2.39 bits per heavy atom. The summed E-state index contributed by atoms with van der Waals surface area (Å²) in [6.07, 6.45) is 0. The van der Waals surface area contributed by atoms with Crippen LogP contribution < -0.4 is 11.1 Å². The summed E-state index contributed by atoms with van der Waals surface area (Å²) in [5.74, 6) is -0.122. The Kier molecular flexibility index (Phi) is 4.17. The second-order valence-electron chi connectivity index (χ2n) is 6.16. The van der Waals surface area contributed by atoms with Gasteiger partial charge in [0, 0.05) is 12.0 Å². The first-order valence-corrected chi connectivity index (χ1v) is 6.27. The molecule has 0 unspecified atom stereocenters. The van der Waals surface area contributed by atoms with Crippen molar-refractivity contribution in [3.63, 3.8) is 0 Å². The summed E-state index contributed by atoms with van der Waals surface area (Å²) in [4.78, 5) is 11.8.